The fourth-order valence-electron chi connectivity index (χ4n) is 1.33. The van der Waals surface area contributed by atoms with Crippen molar-refractivity contribution in [3.05, 3.63) is 11.5 Å². The molecule has 0 bridgehead atoms. The van der Waals surface area contributed by atoms with Gasteiger partial charge in [-0.2, -0.15) is 0 Å². The van der Waals surface area contributed by atoms with Gasteiger partial charge in [-0.1, -0.05) is 0 Å². The van der Waals surface area contributed by atoms with Gasteiger partial charge in [0.2, 0.25) is 5.91 Å². The average Bonchev–Trinajstić information content (AvgIpc) is 2.51. The summed E-state index contributed by atoms with van der Waals surface area (Å²) in [4.78, 5) is 25.9. The summed E-state index contributed by atoms with van der Waals surface area (Å²) in [5.74, 6) is -0.310. The lowest BCUT2D eigenvalue weighted by Gasteiger charge is -2.05. The van der Waals surface area contributed by atoms with Crippen LogP contribution in [0.3, 0.4) is 0 Å². The molecule has 0 spiro atoms. The van der Waals surface area contributed by atoms with Crippen LogP contribution < -0.4 is 11.5 Å². The SMILES string of the molecule is COC(=O)c1nc(C)n(CCC(N)=O)c1N. The predicted octanol–water partition coefficient (Wildman–Crippen LogP) is -0.564. The van der Waals surface area contributed by atoms with E-state index < -0.39 is 11.9 Å². The molecule has 88 valence electrons. The second-order valence-electron chi connectivity index (χ2n) is 3.25. The van der Waals surface area contributed by atoms with Crippen LogP contribution in [0.4, 0.5) is 5.82 Å². The molecule has 1 aromatic rings. The molecule has 0 aliphatic carbocycles. The third-order valence-corrected chi connectivity index (χ3v) is 2.16. The number of hydrogen-bond donors (Lipinski definition) is 2. The number of imidazole rings is 1. The van der Waals surface area contributed by atoms with Gasteiger partial charge < -0.3 is 20.8 Å². The number of anilines is 1. The number of aryl methyl sites for hydroxylation is 1. The zero-order valence-electron chi connectivity index (χ0n) is 9.19. The number of primary amides is 1. The summed E-state index contributed by atoms with van der Waals surface area (Å²) >= 11 is 0. The van der Waals surface area contributed by atoms with Crippen molar-refractivity contribution in [3.63, 3.8) is 0 Å². The van der Waals surface area contributed by atoms with E-state index in [0.29, 0.717) is 12.4 Å². The molecule has 0 aliphatic heterocycles. The Morgan fingerprint density at radius 2 is 2.12 bits per heavy atom. The number of methoxy groups -OCH3 is 1. The topological polar surface area (TPSA) is 113 Å². The number of esters is 1. The molecule has 0 unspecified atom stereocenters. The largest absolute Gasteiger partial charge is 0.464 e. The molecule has 0 fully saturated rings. The summed E-state index contributed by atoms with van der Waals surface area (Å²) in [5, 5.41) is 0. The number of rotatable bonds is 4. The quantitative estimate of drug-likeness (QED) is 0.668. The number of amides is 1. The third kappa shape index (κ3) is 2.30. The van der Waals surface area contributed by atoms with Crippen LogP contribution >= 0.6 is 0 Å². The molecule has 1 amide bonds. The van der Waals surface area contributed by atoms with Crippen LogP contribution in [0.15, 0.2) is 0 Å². The first-order valence-corrected chi connectivity index (χ1v) is 4.66. The highest BCUT2D eigenvalue weighted by Gasteiger charge is 2.18. The molecule has 0 atom stereocenters. The molecule has 0 aliphatic rings. The van der Waals surface area contributed by atoms with E-state index in [1.54, 1.807) is 11.5 Å². The molecule has 1 heterocycles. The van der Waals surface area contributed by atoms with Crippen molar-refractivity contribution in [1.29, 1.82) is 0 Å². The predicted molar refractivity (Wildman–Crippen MR) is 56.5 cm³/mol. The standard InChI is InChI=1S/C9H14N4O3/c1-5-12-7(9(15)16-2)8(11)13(5)4-3-6(10)14/h3-4,11H2,1-2H3,(H2,10,14). The highest BCUT2D eigenvalue weighted by molar-refractivity contribution is 5.92. The Bertz CT molecular complexity index is 425. The normalized spacial score (nSPS) is 10.1. The highest BCUT2D eigenvalue weighted by atomic mass is 16.5. The lowest BCUT2D eigenvalue weighted by atomic mass is 10.4. The minimum atomic E-state index is -0.599. The second kappa shape index (κ2) is 4.65. The van der Waals surface area contributed by atoms with Gasteiger partial charge >= 0.3 is 5.97 Å². The number of carbonyl (C=O) groups is 2. The van der Waals surface area contributed by atoms with E-state index in [9.17, 15) is 9.59 Å². The summed E-state index contributed by atoms with van der Waals surface area (Å²) in [7, 11) is 1.25. The molecule has 7 nitrogen and oxygen atoms in total. The lowest BCUT2D eigenvalue weighted by molar-refractivity contribution is -0.118. The maximum absolute atomic E-state index is 11.3. The van der Waals surface area contributed by atoms with Crippen LogP contribution in [0, 0.1) is 6.92 Å². The lowest BCUT2D eigenvalue weighted by Crippen LogP contribution is -2.16. The maximum Gasteiger partial charge on any atom is 0.360 e. The van der Waals surface area contributed by atoms with Gasteiger partial charge in [0.25, 0.3) is 0 Å². The molecule has 0 saturated heterocycles. The third-order valence-electron chi connectivity index (χ3n) is 2.16. The summed E-state index contributed by atoms with van der Waals surface area (Å²) < 4.78 is 6.08. The van der Waals surface area contributed by atoms with Crippen molar-refractivity contribution in [2.75, 3.05) is 12.8 Å². The minimum Gasteiger partial charge on any atom is -0.464 e. The van der Waals surface area contributed by atoms with E-state index in [2.05, 4.69) is 9.72 Å². The smallest absolute Gasteiger partial charge is 0.360 e. The second-order valence-corrected chi connectivity index (χ2v) is 3.25. The van der Waals surface area contributed by atoms with Crippen molar-refractivity contribution in [1.82, 2.24) is 9.55 Å². The molecule has 7 heteroatoms. The zero-order chi connectivity index (χ0) is 12.3. The maximum atomic E-state index is 11.3. The fourth-order valence-corrected chi connectivity index (χ4v) is 1.33. The summed E-state index contributed by atoms with van der Waals surface area (Å²) in [5.41, 5.74) is 10.8. The van der Waals surface area contributed by atoms with Gasteiger partial charge in [0.05, 0.1) is 7.11 Å². The minimum absolute atomic E-state index is 0.0597. The van der Waals surface area contributed by atoms with E-state index in [0.717, 1.165) is 0 Å². The number of nitrogens with zero attached hydrogens (tertiary/aromatic N) is 2. The van der Waals surface area contributed by atoms with Crippen LogP contribution in [0.5, 0.6) is 0 Å². The van der Waals surface area contributed by atoms with Crippen molar-refractivity contribution in [3.8, 4) is 0 Å². The average molecular weight is 226 g/mol. The van der Waals surface area contributed by atoms with Gasteiger partial charge in [-0.05, 0) is 6.92 Å². The molecule has 1 aromatic heterocycles. The number of nitrogen functional groups attached to an aromatic ring is 1. The van der Waals surface area contributed by atoms with E-state index in [1.807, 2.05) is 0 Å². The summed E-state index contributed by atoms with van der Waals surface area (Å²) in [6, 6.07) is 0. The van der Waals surface area contributed by atoms with Crippen molar-refractivity contribution in [2.24, 2.45) is 5.73 Å². The fraction of sp³-hybridized carbons (Fsp3) is 0.444. The van der Waals surface area contributed by atoms with Gasteiger partial charge in [-0.3, -0.25) is 4.79 Å². The number of ether oxygens (including phenoxy) is 1. The van der Waals surface area contributed by atoms with Crippen LogP contribution in [-0.4, -0.2) is 28.5 Å². The number of hydrogen-bond acceptors (Lipinski definition) is 5. The summed E-state index contributed by atoms with van der Waals surface area (Å²) in [6.07, 6.45) is 0.141. The molecule has 0 radical (unpaired) electrons. The van der Waals surface area contributed by atoms with Crippen LogP contribution in [0.2, 0.25) is 0 Å². The van der Waals surface area contributed by atoms with E-state index in [1.165, 1.54) is 7.11 Å². The molecular formula is C9H14N4O3. The molecule has 1 rings (SSSR count). The Balaban J connectivity index is 2.97. The van der Waals surface area contributed by atoms with Gasteiger partial charge in [-0.25, -0.2) is 9.78 Å². The molecular weight excluding hydrogens is 212 g/mol. The van der Waals surface area contributed by atoms with Gasteiger partial charge in [0, 0.05) is 13.0 Å². The van der Waals surface area contributed by atoms with Crippen LogP contribution in [0.1, 0.15) is 22.7 Å². The Morgan fingerprint density at radius 3 is 2.62 bits per heavy atom. The monoisotopic (exact) mass is 226 g/mol. The number of nitrogens with two attached hydrogens (primary N) is 2. The Hall–Kier alpha value is -2.05. The molecule has 0 aromatic carbocycles. The van der Waals surface area contributed by atoms with Crippen molar-refractivity contribution >= 4 is 17.7 Å². The highest BCUT2D eigenvalue weighted by Crippen LogP contribution is 2.15. The summed E-state index contributed by atoms with van der Waals surface area (Å²) in [6.45, 7) is 1.99. The Kier molecular flexibility index (Phi) is 3.49. The van der Waals surface area contributed by atoms with Gasteiger partial charge in [0.15, 0.2) is 5.69 Å². The van der Waals surface area contributed by atoms with Gasteiger partial charge in [-0.15, -0.1) is 0 Å². The van der Waals surface area contributed by atoms with Crippen LogP contribution in [0.25, 0.3) is 0 Å². The molecule has 16 heavy (non-hydrogen) atoms. The first-order valence-electron chi connectivity index (χ1n) is 4.66. The zero-order valence-corrected chi connectivity index (χ0v) is 9.19. The van der Waals surface area contributed by atoms with E-state index in [-0.39, 0.29) is 17.9 Å². The molecule has 4 N–H and O–H groups in total. The Morgan fingerprint density at radius 1 is 1.50 bits per heavy atom. The van der Waals surface area contributed by atoms with Crippen LogP contribution in [-0.2, 0) is 16.1 Å². The van der Waals surface area contributed by atoms with E-state index >= 15 is 0 Å². The molecule has 0 saturated carbocycles. The first kappa shape index (κ1) is 12.0. The van der Waals surface area contributed by atoms with Crippen molar-refractivity contribution < 1.29 is 14.3 Å². The van der Waals surface area contributed by atoms with Crippen molar-refractivity contribution in [2.45, 2.75) is 19.9 Å². The number of carbonyl (C=O) groups excluding carboxylic acids is 2. The van der Waals surface area contributed by atoms with E-state index in [4.69, 9.17) is 11.5 Å². The first-order chi connectivity index (χ1) is 7.47. The van der Waals surface area contributed by atoms with Gasteiger partial charge in [0.1, 0.15) is 11.6 Å². The Labute approximate surface area is 92.4 Å². The number of aromatic nitrogens is 2.